The van der Waals surface area contributed by atoms with E-state index in [4.69, 9.17) is 0 Å². The van der Waals surface area contributed by atoms with Crippen molar-refractivity contribution in [3.05, 3.63) is 65.3 Å². The highest BCUT2D eigenvalue weighted by Crippen LogP contribution is 2.34. The van der Waals surface area contributed by atoms with Gasteiger partial charge in [0.2, 0.25) is 0 Å². The summed E-state index contributed by atoms with van der Waals surface area (Å²) < 4.78 is 0. The molecule has 0 spiro atoms. The number of benzene rings is 1. The van der Waals surface area contributed by atoms with Gasteiger partial charge in [-0.2, -0.15) is 0 Å². The van der Waals surface area contributed by atoms with Crippen LogP contribution in [-0.4, -0.2) is 0 Å². The second kappa shape index (κ2) is 4.31. The Morgan fingerprint density at radius 1 is 1.00 bits per heavy atom. The largest absolute Gasteiger partial charge is 0.0874 e. The van der Waals surface area contributed by atoms with Gasteiger partial charge in [0, 0.05) is 0 Å². The Labute approximate surface area is 91.6 Å². The molecule has 1 aromatic rings. The van der Waals surface area contributed by atoms with Crippen LogP contribution < -0.4 is 0 Å². The van der Waals surface area contributed by atoms with Crippen molar-refractivity contribution >= 4 is 5.57 Å². The summed E-state index contributed by atoms with van der Waals surface area (Å²) in [4.78, 5) is 0. The molecule has 0 aliphatic heterocycles. The highest BCUT2D eigenvalue weighted by Gasteiger charge is 2.16. The standard InChI is InChI=1S/C15H16/c1-3-7-12-11-13-9-5-6-10-15(13)14(12)8-4-2/h3-10H,11H2,1-2H3/b7-3-,8-4-. The summed E-state index contributed by atoms with van der Waals surface area (Å²) in [6.45, 7) is 4.14. The van der Waals surface area contributed by atoms with Gasteiger partial charge in [0.05, 0.1) is 0 Å². The first-order valence-electron chi connectivity index (χ1n) is 5.43. The molecule has 0 amide bonds. The lowest BCUT2D eigenvalue weighted by Gasteiger charge is -1.99. The van der Waals surface area contributed by atoms with Crippen molar-refractivity contribution in [2.24, 2.45) is 0 Å². The van der Waals surface area contributed by atoms with E-state index < -0.39 is 0 Å². The topological polar surface area (TPSA) is 0 Å². The zero-order valence-electron chi connectivity index (χ0n) is 9.33. The van der Waals surface area contributed by atoms with E-state index in [1.165, 1.54) is 22.3 Å². The lowest BCUT2D eigenvalue weighted by Crippen LogP contribution is -1.80. The molecule has 0 atom stereocenters. The minimum absolute atomic E-state index is 1.07. The predicted molar refractivity (Wildman–Crippen MR) is 66.7 cm³/mol. The van der Waals surface area contributed by atoms with Crippen molar-refractivity contribution in [2.45, 2.75) is 20.3 Å². The van der Waals surface area contributed by atoms with Gasteiger partial charge in [-0.3, -0.25) is 0 Å². The van der Waals surface area contributed by atoms with Gasteiger partial charge in [-0.25, -0.2) is 0 Å². The average molecular weight is 196 g/mol. The van der Waals surface area contributed by atoms with Gasteiger partial charge in [0.25, 0.3) is 0 Å². The molecule has 0 unspecified atom stereocenters. The van der Waals surface area contributed by atoms with Gasteiger partial charge in [-0.05, 0) is 42.5 Å². The molecule has 1 aromatic carbocycles. The maximum Gasteiger partial charge on any atom is -0.00136 e. The summed E-state index contributed by atoms with van der Waals surface area (Å²) in [6, 6.07) is 8.65. The first-order valence-corrected chi connectivity index (χ1v) is 5.43. The minimum atomic E-state index is 1.07. The van der Waals surface area contributed by atoms with Crippen LogP contribution in [0.4, 0.5) is 0 Å². The molecular weight excluding hydrogens is 180 g/mol. The zero-order valence-corrected chi connectivity index (χ0v) is 9.33. The van der Waals surface area contributed by atoms with E-state index in [1.54, 1.807) is 0 Å². The van der Waals surface area contributed by atoms with Crippen molar-refractivity contribution in [3.8, 4) is 0 Å². The van der Waals surface area contributed by atoms with Gasteiger partial charge < -0.3 is 0 Å². The maximum absolute atomic E-state index is 2.22. The molecule has 0 heterocycles. The number of hydrogen-bond acceptors (Lipinski definition) is 0. The molecule has 0 aromatic heterocycles. The van der Waals surface area contributed by atoms with Crippen LogP contribution in [-0.2, 0) is 6.42 Å². The number of allylic oxidation sites excluding steroid dienone is 6. The fourth-order valence-electron chi connectivity index (χ4n) is 2.12. The minimum Gasteiger partial charge on any atom is -0.0874 e. The van der Waals surface area contributed by atoms with Gasteiger partial charge in [0.15, 0.2) is 0 Å². The zero-order chi connectivity index (χ0) is 10.7. The fraction of sp³-hybridized carbons (Fsp3) is 0.200. The van der Waals surface area contributed by atoms with Crippen LogP contribution >= 0.6 is 0 Å². The van der Waals surface area contributed by atoms with Crippen molar-refractivity contribution in [1.29, 1.82) is 0 Å². The van der Waals surface area contributed by atoms with Gasteiger partial charge in [0.1, 0.15) is 0 Å². The molecule has 76 valence electrons. The Morgan fingerprint density at radius 2 is 1.73 bits per heavy atom. The predicted octanol–water partition coefficient (Wildman–Crippen LogP) is 4.15. The summed E-state index contributed by atoms with van der Waals surface area (Å²) in [5, 5.41) is 0. The normalized spacial score (nSPS) is 15.6. The lowest BCUT2D eigenvalue weighted by molar-refractivity contribution is 1.24. The summed E-state index contributed by atoms with van der Waals surface area (Å²) in [5.74, 6) is 0. The monoisotopic (exact) mass is 196 g/mol. The number of hydrogen-bond donors (Lipinski definition) is 0. The van der Waals surface area contributed by atoms with E-state index in [1.807, 2.05) is 0 Å². The molecule has 0 bridgehead atoms. The van der Waals surface area contributed by atoms with Crippen molar-refractivity contribution < 1.29 is 0 Å². The quantitative estimate of drug-likeness (QED) is 0.666. The van der Waals surface area contributed by atoms with E-state index in [0.29, 0.717) is 0 Å². The van der Waals surface area contributed by atoms with E-state index in [2.05, 4.69) is 62.4 Å². The summed E-state index contributed by atoms with van der Waals surface area (Å²) >= 11 is 0. The van der Waals surface area contributed by atoms with Crippen LogP contribution in [0.1, 0.15) is 25.0 Å². The Bertz CT molecular complexity index is 445. The molecule has 0 N–H and O–H groups in total. The molecule has 0 saturated carbocycles. The van der Waals surface area contributed by atoms with E-state index in [0.717, 1.165) is 6.42 Å². The summed E-state index contributed by atoms with van der Waals surface area (Å²) in [7, 11) is 0. The van der Waals surface area contributed by atoms with Crippen LogP contribution in [0.15, 0.2) is 54.1 Å². The van der Waals surface area contributed by atoms with E-state index in [-0.39, 0.29) is 0 Å². The first-order chi connectivity index (χ1) is 7.36. The van der Waals surface area contributed by atoms with Crippen LogP contribution in [0.3, 0.4) is 0 Å². The third-order valence-electron chi connectivity index (χ3n) is 2.74. The van der Waals surface area contributed by atoms with Gasteiger partial charge >= 0.3 is 0 Å². The average Bonchev–Trinajstić information content (AvgIpc) is 2.59. The van der Waals surface area contributed by atoms with Crippen LogP contribution in [0.2, 0.25) is 0 Å². The van der Waals surface area contributed by atoms with Gasteiger partial charge in [-0.15, -0.1) is 0 Å². The lowest BCUT2D eigenvalue weighted by atomic mass is 10.1. The van der Waals surface area contributed by atoms with Gasteiger partial charge in [-0.1, -0.05) is 48.6 Å². The van der Waals surface area contributed by atoms with E-state index >= 15 is 0 Å². The summed E-state index contributed by atoms with van der Waals surface area (Å²) in [5.41, 5.74) is 5.64. The number of fused-ring (bicyclic) bond motifs is 1. The highest BCUT2D eigenvalue weighted by molar-refractivity contribution is 5.84. The fourth-order valence-corrected chi connectivity index (χ4v) is 2.12. The van der Waals surface area contributed by atoms with Crippen molar-refractivity contribution in [3.63, 3.8) is 0 Å². The van der Waals surface area contributed by atoms with Crippen LogP contribution in [0.5, 0.6) is 0 Å². The summed E-state index contributed by atoms with van der Waals surface area (Å²) in [6.07, 6.45) is 9.72. The SMILES string of the molecule is C/C=C\C1=C(/C=C\C)c2ccccc2C1. The van der Waals surface area contributed by atoms with Crippen molar-refractivity contribution in [2.75, 3.05) is 0 Å². The smallest absolute Gasteiger partial charge is 0.00136 e. The molecule has 0 radical (unpaired) electrons. The Morgan fingerprint density at radius 3 is 2.47 bits per heavy atom. The third-order valence-corrected chi connectivity index (χ3v) is 2.74. The molecule has 2 rings (SSSR count). The molecule has 0 heteroatoms. The molecule has 1 aliphatic carbocycles. The maximum atomic E-state index is 2.22. The molecule has 1 aliphatic rings. The molecule has 0 saturated heterocycles. The van der Waals surface area contributed by atoms with E-state index in [9.17, 15) is 0 Å². The molecular formula is C15H16. The Kier molecular flexibility index (Phi) is 2.86. The second-order valence-corrected chi connectivity index (χ2v) is 3.77. The second-order valence-electron chi connectivity index (χ2n) is 3.77. The molecule has 15 heavy (non-hydrogen) atoms. The van der Waals surface area contributed by atoms with Crippen molar-refractivity contribution in [1.82, 2.24) is 0 Å². The van der Waals surface area contributed by atoms with Crippen LogP contribution in [0, 0.1) is 0 Å². The Hall–Kier alpha value is -1.56. The number of rotatable bonds is 2. The third kappa shape index (κ3) is 1.80. The molecule has 0 fully saturated rings. The molecule has 0 nitrogen and oxygen atoms in total. The first kappa shape index (κ1) is 9.97. The highest BCUT2D eigenvalue weighted by atomic mass is 14.2. The van der Waals surface area contributed by atoms with Crippen LogP contribution in [0.25, 0.3) is 5.57 Å². The Balaban J connectivity index is 2.52.